The molecule has 2 aromatic rings. The maximum atomic E-state index is 11.9. The second-order valence-corrected chi connectivity index (χ2v) is 6.38. The van der Waals surface area contributed by atoms with Gasteiger partial charge in [0.05, 0.1) is 0 Å². The van der Waals surface area contributed by atoms with Crippen molar-refractivity contribution in [3.8, 4) is 0 Å². The number of carboxylic acids is 1. The molecule has 0 unspecified atom stereocenters. The zero-order valence-electron chi connectivity index (χ0n) is 14.5. The Balaban J connectivity index is 2.22. The highest BCUT2D eigenvalue weighted by Gasteiger charge is 2.25. The quantitative estimate of drug-likeness (QED) is 0.908. The largest absolute Gasteiger partial charge is 0.480 e. The molecule has 0 bridgehead atoms. The van der Waals surface area contributed by atoms with Crippen LogP contribution in [-0.4, -0.2) is 33.4 Å². The Bertz CT molecular complexity index is 749. The second-order valence-electron chi connectivity index (χ2n) is 6.38. The Labute approximate surface area is 136 Å². The number of aromatic nitrogens is 1. The van der Waals surface area contributed by atoms with Crippen LogP contribution in [0.15, 0.2) is 30.5 Å². The number of nitrogens with one attached hydrogen (secondary N) is 1. The summed E-state index contributed by atoms with van der Waals surface area (Å²) in [5.74, 6) is -1.14. The van der Waals surface area contributed by atoms with Crippen molar-refractivity contribution in [3.05, 3.63) is 36.0 Å². The average molecular weight is 319 g/mol. The highest BCUT2D eigenvalue weighted by molar-refractivity contribution is 5.86. The molecule has 2 rings (SSSR count). The number of carbonyl (C=O) groups excluding carboxylic acids is 1. The Morgan fingerprint density at radius 3 is 2.70 bits per heavy atom. The van der Waals surface area contributed by atoms with Crippen molar-refractivity contribution >= 4 is 23.0 Å². The number of fused-ring (bicyclic) bond motifs is 1. The molecule has 1 atom stereocenters. The van der Waals surface area contributed by atoms with Gasteiger partial charge in [-0.25, -0.2) is 9.59 Å². The number of para-hydroxylation sites is 1. The summed E-state index contributed by atoms with van der Waals surface area (Å²) in [6.07, 6.45) is 1.10. The normalized spacial score (nSPS) is 13.4. The topological polar surface area (TPSA) is 80.6 Å². The van der Waals surface area contributed by atoms with Gasteiger partial charge in [0, 0.05) is 31.9 Å². The average Bonchev–Trinajstić information content (AvgIpc) is 2.83. The molecule has 6 heteroatoms. The van der Waals surface area contributed by atoms with E-state index in [1.165, 1.54) is 0 Å². The molecule has 1 aromatic heterocycles. The summed E-state index contributed by atoms with van der Waals surface area (Å²) in [7, 11) is 0.0394. The van der Waals surface area contributed by atoms with Crippen LogP contribution in [0, 0.1) is 0 Å². The number of carboxylic acid groups (broad SMARTS) is 1. The number of hydrogen-bond acceptors (Lipinski definition) is 3. The first kappa shape index (κ1) is 15.4. The van der Waals surface area contributed by atoms with Crippen molar-refractivity contribution < 1.29 is 20.8 Å². The highest BCUT2D eigenvalue weighted by atomic mass is 16.6. The second kappa shape index (κ2) is 6.32. The first-order valence-corrected chi connectivity index (χ1v) is 7.29. The Hall–Kier alpha value is -2.50. The van der Waals surface area contributed by atoms with Crippen molar-refractivity contribution in [2.75, 3.05) is 0 Å². The minimum atomic E-state index is -1.14. The fourth-order valence-corrected chi connectivity index (χ4v) is 2.36. The van der Waals surface area contributed by atoms with Crippen LogP contribution in [0.2, 0.25) is 0 Å². The van der Waals surface area contributed by atoms with Crippen molar-refractivity contribution in [1.29, 1.82) is 0 Å². The number of amides is 1. The molecule has 0 aliphatic rings. The van der Waals surface area contributed by atoms with Gasteiger partial charge in [0.1, 0.15) is 11.6 Å². The summed E-state index contributed by atoms with van der Waals surface area (Å²) in [6.45, 7) is 5.14. The van der Waals surface area contributed by atoms with Gasteiger partial charge in [-0.1, -0.05) is 18.2 Å². The minimum Gasteiger partial charge on any atom is -0.480 e. The molecule has 124 valence electrons. The van der Waals surface area contributed by atoms with E-state index >= 15 is 0 Å². The third-order valence-corrected chi connectivity index (χ3v) is 3.28. The molecule has 0 radical (unpaired) electrons. The van der Waals surface area contributed by atoms with Gasteiger partial charge < -0.3 is 19.7 Å². The number of rotatable bonds is 4. The van der Waals surface area contributed by atoms with E-state index in [2.05, 4.69) is 5.32 Å². The molecule has 0 aliphatic carbocycles. The third-order valence-electron chi connectivity index (χ3n) is 3.28. The first-order valence-electron chi connectivity index (χ1n) is 8.00. The van der Waals surface area contributed by atoms with Gasteiger partial charge in [0.2, 0.25) is 0 Å². The zero-order chi connectivity index (χ0) is 17.9. The van der Waals surface area contributed by atoms with E-state index in [1.54, 1.807) is 31.5 Å². The van der Waals surface area contributed by atoms with E-state index in [-0.39, 0.29) is 13.4 Å². The van der Waals surface area contributed by atoms with Gasteiger partial charge in [-0.2, -0.15) is 0 Å². The molecule has 0 saturated carbocycles. The SMILES string of the molecule is [2H]Cn1cc(C[C@H](NC(=O)OC(C)(C)C)C(=O)O)c2ccccc21. The Morgan fingerprint density at radius 2 is 2.09 bits per heavy atom. The maximum Gasteiger partial charge on any atom is 0.408 e. The van der Waals surface area contributed by atoms with Crippen LogP contribution in [0.3, 0.4) is 0 Å². The molecular weight excluding hydrogens is 296 g/mol. The molecule has 2 N–H and O–H groups in total. The van der Waals surface area contributed by atoms with E-state index in [4.69, 9.17) is 6.11 Å². The van der Waals surface area contributed by atoms with Crippen LogP contribution < -0.4 is 5.32 Å². The van der Waals surface area contributed by atoms with Crippen molar-refractivity contribution in [1.82, 2.24) is 9.88 Å². The summed E-state index contributed by atoms with van der Waals surface area (Å²) in [5.41, 5.74) is 0.930. The Morgan fingerprint density at radius 1 is 1.39 bits per heavy atom. The van der Waals surface area contributed by atoms with Crippen LogP contribution in [-0.2, 0) is 23.0 Å². The van der Waals surface area contributed by atoms with Gasteiger partial charge in [-0.15, -0.1) is 0 Å². The van der Waals surface area contributed by atoms with E-state index in [1.807, 2.05) is 24.3 Å². The van der Waals surface area contributed by atoms with Crippen molar-refractivity contribution in [2.45, 2.75) is 38.8 Å². The summed E-state index contributed by atoms with van der Waals surface area (Å²) in [6, 6.07) is 6.38. The zero-order valence-corrected chi connectivity index (χ0v) is 13.5. The fraction of sp³-hybridized carbons (Fsp3) is 0.412. The molecular formula is C17H22N2O4. The summed E-state index contributed by atoms with van der Waals surface area (Å²) in [4.78, 5) is 23.4. The lowest BCUT2D eigenvalue weighted by Gasteiger charge is -2.22. The number of aryl methyl sites for hydroxylation is 1. The monoisotopic (exact) mass is 319 g/mol. The van der Waals surface area contributed by atoms with Gasteiger partial charge in [0.15, 0.2) is 0 Å². The number of ether oxygens (including phenoxy) is 1. The van der Waals surface area contributed by atoms with Crippen molar-refractivity contribution in [3.63, 3.8) is 0 Å². The lowest BCUT2D eigenvalue weighted by Crippen LogP contribution is -2.44. The van der Waals surface area contributed by atoms with E-state index < -0.39 is 23.7 Å². The van der Waals surface area contributed by atoms with Crippen LogP contribution in [0.1, 0.15) is 27.7 Å². The smallest absolute Gasteiger partial charge is 0.408 e. The van der Waals surface area contributed by atoms with E-state index in [0.717, 1.165) is 16.5 Å². The number of carbonyl (C=O) groups is 2. The van der Waals surface area contributed by atoms with Crippen LogP contribution in [0.25, 0.3) is 10.9 Å². The predicted octanol–water partition coefficient (Wildman–Crippen LogP) is 2.70. The number of benzene rings is 1. The molecule has 0 fully saturated rings. The number of aliphatic carboxylic acids is 1. The molecule has 0 spiro atoms. The van der Waals surface area contributed by atoms with Gasteiger partial charge in [-0.3, -0.25) is 0 Å². The van der Waals surface area contributed by atoms with E-state index in [0.29, 0.717) is 0 Å². The Kier molecular flexibility index (Phi) is 4.23. The molecule has 1 heterocycles. The number of alkyl carbamates (subject to hydrolysis) is 1. The molecule has 23 heavy (non-hydrogen) atoms. The van der Waals surface area contributed by atoms with Gasteiger partial charge >= 0.3 is 12.1 Å². The predicted molar refractivity (Wildman–Crippen MR) is 87.4 cm³/mol. The third kappa shape index (κ3) is 4.25. The molecule has 6 nitrogen and oxygen atoms in total. The number of hydrogen-bond donors (Lipinski definition) is 2. The lowest BCUT2D eigenvalue weighted by atomic mass is 10.1. The van der Waals surface area contributed by atoms with Gasteiger partial charge in [-0.05, 0) is 32.4 Å². The summed E-state index contributed by atoms with van der Waals surface area (Å²) >= 11 is 0. The standard InChI is InChI=1S/C17H22N2O4/c1-17(2,3)23-16(22)18-13(15(20)21)9-11-10-19(4)14-8-6-5-7-12(11)14/h5-8,10,13H,9H2,1-4H3,(H,18,22)(H,20,21)/t13-/m0/s1/i4D. The molecule has 0 saturated heterocycles. The maximum absolute atomic E-state index is 11.9. The molecule has 1 aromatic carbocycles. The summed E-state index contributed by atoms with van der Waals surface area (Å²) in [5, 5.41) is 12.7. The van der Waals surface area contributed by atoms with E-state index in [9.17, 15) is 14.7 Å². The minimum absolute atomic E-state index is 0.0394. The lowest BCUT2D eigenvalue weighted by molar-refractivity contribution is -0.139. The van der Waals surface area contributed by atoms with Crippen LogP contribution in [0.5, 0.6) is 0 Å². The fourth-order valence-electron chi connectivity index (χ4n) is 2.36. The molecule has 0 aliphatic heterocycles. The molecule has 1 amide bonds. The van der Waals surface area contributed by atoms with Crippen molar-refractivity contribution in [2.24, 2.45) is 7.02 Å². The summed E-state index contributed by atoms with van der Waals surface area (Å²) < 4.78 is 14.4. The number of nitrogens with zero attached hydrogens (tertiary/aromatic N) is 1. The van der Waals surface area contributed by atoms with Crippen LogP contribution in [0.4, 0.5) is 4.79 Å². The first-order chi connectivity index (χ1) is 11.2. The van der Waals surface area contributed by atoms with Crippen LogP contribution >= 0.6 is 0 Å². The highest BCUT2D eigenvalue weighted by Crippen LogP contribution is 2.21. The van der Waals surface area contributed by atoms with Gasteiger partial charge in [0.25, 0.3) is 0 Å².